The van der Waals surface area contributed by atoms with Crippen LogP contribution in [-0.4, -0.2) is 16.7 Å². The molecule has 3 nitrogen and oxygen atoms in total. The van der Waals surface area contributed by atoms with Crippen LogP contribution >= 0.6 is 0 Å². The van der Waals surface area contributed by atoms with Crippen molar-refractivity contribution in [2.75, 3.05) is 7.11 Å². The first kappa shape index (κ1) is 12.9. The van der Waals surface area contributed by atoms with Gasteiger partial charge in [-0.1, -0.05) is 48.5 Å². The molecule has 0 atom stereocenters. The molecule has 0 spiro atoms. The minimum atomic E-state index is 0.819. The van der Waals surface area contributed by atoms with Crippen LogP contribution in [0.1, 0.15) is 5.56 Å². The highest BCUT2D eigenvalue weighted by Crippen LogP contribution is 2.35. The SMILES string of the molecule is COc1cncc2c1c1ccccc1n2Cc1ccccc1. The van der Waals surface area contributed by atoms with E-state index in [9.17, 15) is 0 Å². The van der Waals surface area contributed by atoms with Crippen molar-refractivity contribution in [3.05, 3.63) is 72.6 Å². The van der Waals surface area contributed by atoms with Gasteiger partial charge in [-0.3, -0.25) is 4.98 Å². The third kappa shape index (κ3) is 1.94. The zero-order valence-electron chi connectivity index (χ0n) is 12.4. The van der Waals surface area contributed by atoms with Crippen LogP contribution in [0.25, 0.3) is 21.8 Å². The van der Waals surface area contributed by atoms with E-state index in [1.54, 1.807) is 13.3 Å². The van der Waals surface area contributed by atoms with E-state index < -0.39 is 0 Å². The summed E-state index contributed by atoms with van der Waals surface area (Å²) in [5.41, 5.74) is 3.57. The second kappa shape index (κ2) is 5.19. The van der Waals surface area contributed by atoms with Crippen molar-refractivity contribution in [1.29, 1.82) is 0 Å². The van der Waals surface area contributed by atoms with E-state index in [0.717, 1.165) is 23.2 Å². The summed E-state index contributed by atoms with van der Waals surface area (Å²) in [4.78, 5) is 4.34. The molecule has 0 saturated carbocycles. The highest BCUT2D eigenvalue weighted by atomic mass is 16.5. The molecule has 0 saturated heterocycles. The first-order chi connectivity index (χ1) is 10.9. The summed E-state index contributed by atoms with van der Waals surface area (Å²) in [6.45, 7) is 0.819. The number of fused-ring (bicyclic) bond motifs is 3. The van der Waals surface area contributed by atoms with Crippen LogP contribution in [0.5, 0.6) is 5.75 Å². The number of aromatic nitrogens is 2. The lowest BCUT2D eigenvalue weighted by molar-refractivity contribution is 0.418. The van der Waals surface area contributed by atoms with E-state index in [1.165, 1.54) is 16.5 Å². The summed E-state index contributed by atoms with van der Waals surface area (Å²) in [7, 11) is 1.69. The Balaban J connectivity index is 2.03. The molecule has 0 bridgehead atoms. The monoisotopic (exact) mass is 288 g/mol. The maximum absolute atomic E-state index is 5.52. The highest BCUT2D eigenvalue weighted by molar-refractivity contribution is 6.10. The Morgan fingerprint density at radius 2 is 1.68 bits per heavy atom. The topological polar surface area (TPSA) is 27.1 Å². The predicted octanol–water partition coefficient (Wildman–Crippen LogP) is 4.25. The summed E-state index contributed by atoms with van der Waals surface area (Å²) < 4.78 is 7.82. The van der Waals surface area contributed by atoms with Gasteiger partial charge in [0.2, 0.25) is 0 Å². The number of para-hydroxylation sites is 1. The molecule has 0 aliphatic heterocycles. The number of nitrogens with zero attached hydrogens (tertiary/aromatic N) is 2. The predicted molar refractivity (Wildman–Crippen MR) is 89.3 cm³/mol. The van der Waals surface area contributed by atoms with Crippen molar-refractivity contribution in [3.63, 3.8) is 0 Å². The van der Waals surface area contributed by atoms with Crippen molar-refractivity contribution < 1.29 is 4.74 Å². The Bertz CT molecular complexity index is 942. The van der Waals surface area contributed by atoms with E-state index >= 15 is 0 Å². The number of hydrogen-bond donors (Lipinski definition) is 0. The molecular weight excluding hydrogens is 272 g/mol. The third-order valence-corrected chi connectivity index (χ3v) is 4.05. The number of benzene rings is 2. The number of ether oxygens (including phenoxy) is 1. The van der Waals surface area contributed by atoms with Gasteiger partial charge in [0, 0.05) is 17.4 Å². The number of hydrogen-bond acceptors (Lipinski definition) is 2. The molecule has 0 N–H and O–H groups in total. The standard InChI is InChI=1S/C19H16N2O/c1-22-18-12-20-11-17-19(18)15-9-5-6-10-16(15)21(17)13-14-7-3-2-4-8-14/h2-12H,13H2,1H3. The van der Waals surface area contributed by atoms with Crippen molar-refractivity contribution in [2.45, 2.75) is 6.54 Å². The Kier molecular flexibility index (Phi) is 3.04. The second-order valence-corrected chi connectivity index (χ2v) is 5.32. The summed E-state index contributed by atoms with van der Waals surface area (Å²) >= 11 is 0. The van der Waals surface area contributed by atoms with E-state index in [2.05, 4.69) is 58.1 Å². The maximum Gasteiger partial charge on any atom is 0.147 e. The Morgan fingerprint density at radius 1 is 0.909 bits per heavy atom. The fourth-order valence-electron chi connectivity index (χ4n) is 3.05. The highest BCUT2D eigenvalue weighted by Gasteiger charge is 2.14. The molecule has 4 rings (SSSR count). The average molecular weight is 288 g/mol. The van der Waals surface area contributed by atoms with Gasteiger partial charge in [-0.15, -0.1) is 0 Å². The quantitative estimate of drug-likeness (QED) is 0.563. The van der Waals surface area contributed by atoms with E-state index in [0.29, 0.717) is 0 Å². The molecular formula is C19H16N2O. The lowest BCUT2D eigenvalue weighted by atomic mass is 10.2. The minimum Gasteiger partial charge on any atom is -0.494 e. The van der Waals surface area contributed by atoms with Gasteiger partial charge in [0.1, 0.15) is 5.75 Å². The molecule has 0 fully saturated rings. The smallest absolute Gasteiger partial charge is 0.147 e. The van der Waals surface area contributed by atoms with Gasteiger partial charge in [-0.2, -0.15) is 0 Å². The molecule has 0 aliphatic rings. The molecule has 2 heterocycles. The van der Waals surface area contributed by atoms with Gasteiger partial charge in [-0.25, -0.2) is 0 Å². The second-order valence-electron chi connectivity index (χ2n) is 5.32. The van der Waals surface area contributed by atoms with Gasteiger partial charge >= 0.3 is 0 Å². The maximum atomic E-state index is 5.52. The molecule has 2 aromatic carbocycles. The molecule has 22 heavy (non-hydrogen) atoms. The van der Waals surface area contributed by atoms with Crippen LogP contribution in [0.3, 0.4) is 0 Å². The molecule has 108 valence electrons. The van der Waals surface area contributed by atoms with E-state index in [4.69, 9.17) is 4.74 Å². The third-order valence-electron chi connectivity index (χ3n) is 4.05. The zero-order valence-corrected chi connectivity index (χ0v) is 12.4. The Labute approximate surface area is 128 Å². The van der Waals surface area contributed by atoms with Crippen molar-refractivity contribution >= 4 is 21.8 Å². The first-order valence-corrected chi connectivity index (χ1v) is 7.31. The lowest BCUT2D eigenvalue weighted by Crippen LogP contribution is -1.99. The molecule has 0 unspecified atom stereocenters. The van der Waals surface area contributed by atoms with Gasteiger partial charge in [0.15, 0.2) is 0 Å². The van der Waals surface area contributed by atoms with Crippen LogP contribution < -0.4 is 4.74 Å². The minimum absolute atomic E-state index is 0.819. The van der Waals surface area contributed by atoms with E-state index in [-0.39, 0.29) is 0 Å². The number of rotatable bonds is 3. The van der Waals surface area contributed by atoms with E-state index in [1.807, 2.05) is 12.3 Å². The van der Waals surface area contributed by atoms with Crippen LogP contribution in [0.15, 0.2) is 67.0 Å². The molecule has 0 aliphatic carbocycles. The lowest BCUT2D eigenvalue weighted by Gasteiger charge is -2.07. The summed E-state index contributed by atoms with van der Waals surface area (Å²) in [5, 5.41) is 2.33. The first-order valence-electron chi connectivity index (χ1n) is 7.31. The van der Waals surface area contributed by atoms with Crippen LogP contribution in [0.4, 0.5) is 0 Å². The van der Waals surface area contributed by atoms with Crippen molar-refractivity contribution in [1.82, 2.24) is 9.55 Å². The molecule has 0 amide bonds. The number of methoxy groups -OCH3 is 1. The Hall–Kier alpha value is -2.81. The van der Waals surface area contributed by atoms with Gasteiger partial charge in [-0.05, 0) is 11.6 Å². The molecule has 4 aromatic rings. The molecule has 3 heteroatoms. The van der Waals surface area contributed by atoms with Crippen molar-refractivity contribution in [2.24, 2.45) is 0 Å². The van der Waals surface area contributed by atoms with Crippen LogP contribution in [-0.2, 0) is 6.54 Å². The summed E-state index contributed by atoms with van der Waals surface area (Å²) in [6, 6.07) is 18.9. The normalized spacial score (nSPS) is 11.1. The van der Waals surface area contributed by atoms with Gasteiger partial charge < -0.3 is 9.30 Å². The summed E-state index contributed by atoms with van der Waals surface area (Å²) in [5.74, 6) is 0.820. The van der Waals surface area contributed by atoms with Crippen LogP contribution in [0, 0.1) is 0 Å². The van der Waals surface area contributed by atoms with Crippen molar-refractivity contribution in [3.8, 4) is 5.75 Å². The van der Waals surface area contributed by atoms with Gasteiger partial charge in [0.05, 0.1) is 30.4 Å². The largest absolute Gasteiger partial charge is 0.494 e. The molecule has 0 radical (unpaired) electrons. The van der Waals surface area contributed by atoms with Gasteiger partial charge in [0.25, 0.3) is 0 Å². The summed E-state index contributed by atoms with van der Waals surface area (Å²) in [6.07, 6.45) is 3.70. The van der Waals surface area contributed by atoms with Crippen LogP contribution in [0.2, 0.25) is 0 Å². The number of pyridine rings is 1. The average Bonchev–Trinajstić information content (AvgIpc) is 2.90. The Morgan fingerprint density at radius 3 is 2.50 bits per heavy atom. The zero-order chi connectivity index (χ0) is 14.9. The molecule has 2 aromatic heterocycles. The fraction of sp³-hybridized carbons (Fsp3) is 0.105. The fourth-order valence-corrected chi connectivity index (χ4v) is 3.05.